The predicted octanol–water partition coefficient (Wildman–Crippen LogP) is 6.18. The van der Waals surface area contributed by atoms with Gasteiger partial charge in [0.2, 0.25) is 0 Å². The maximum Gasteiger partial charge on any atom is 0.265 e. The first kappa shape index (κ1) is 23.1. The number of thiophene rings is 1. The molecule has 0 aliphatic rings. The Morgan fingerprint density at radius 3 is 2.47 bits per heavy atom. The lowest BCUT2D eigenvalue weighted by Crippen LogP contribution is -2.10. The molecular weight excluding hydrogens is 474 g/mol. The number of hydrogen-bond acceptors (Lipinski definition) is 6. The number of aromatic amines is 1. The van der Waals surface area contributed by atoms with Gasteiger partial charge in [0.1, 0.15) is 5.75 Å². The Hall–Kier alpha value is -4.69. The zero-order valence-electron chi connectivity index (χ0n) is 19.1. The molecule has 7 nitrogen and oxygen atoms in total. The van der Waals surface area contributed by atoms with Crippen molar-refractivity contribution in [3.05, 3.63) is 105 Å². The highest BCUT2D eigenvalue weighted by Gasteiger charge is 2.15. The van der Waals surface area contributed by atoms with Crippen LogP contribution in [0.4, 0.5) is 11.4 Å². The average Bonchev–Trinajstić information content (AvgIpc) is 3.52. The molecule has 0 aliphatic heterocycles. The zero-order valence-corrected chi connectivity index (χ0v) is 20.0. The van der Waals surface area contributed by atoms with Crippen molar-refractivity contribution in [2.45, 2.75) is 6.92 Å². The number of fused-ring (bicyclic) bond motifs is 1. The van der Waals surface area contributed by atoms with Gasteiger partial charge in [0, 0.05) is 40.0 Å². The van der Waals surface area contributed by atoms with E-state index in [1.54, 1.807) is 73.7 Å². The number of amides is 1. The number of benzene rings is 3. The maximum absolute atomic E-state index is 13.1. The molecule has 4 N–H and O–H groups in total. The van der Waals surface area contributed by atoms with Gasteiger partial charge in [-0.1, -0.05) is 24.3 Å². The fraction of sp³-hybridized carbons (Fsp3) is 0.0357. The summed E-state index contributed by atoms with van der Waals surface area (Å²) in [6.45, 7) is 1.80. The first-order valence-corrected chi connectivity index (χ1v) is 11.9. The molecule has 0 atom stereocenters. The molecule has 0 unspecified atom stereocenters. The second kappa shape index (κ2) is 9.52. The molecule has 0 bridgehead atoms. The van der Waals surface area contributed by atoms with Gasteiger partial charge < -0.3 is 20.5 Å². The quantitative estimate of drug-likeness (QED) is 0.166. The van der Waals surface area contributed by atoms with Crippen molar-refractivity contribution in [2.75, 3.05) is 5.32 Å². The van der Waals surface area contributed by atoms with Crippen LogP contribution >= 0.6 is 11.3 Å². The molecule has 2 aromatic heterocycles. The van der Waals surface area contributed by atoms with E-state index >= 15 is 0 Å². The van der Waals surface area contributed by atoms with Crippen LogP contribution in [-0.4, -0.2) is 33.1 Å². The summed E-state index contributed by atoms with van der Waals surface area (Å²) >= 11 is 1.36. The topological polar surface area (TPSA) is 115 Å². The first-order chi connectivity index (χ1) is 17.4. The smallest absolute Gasteiger partial charge is 0.265 e. The number of aromatic nitrogens is 1. The molecule has 0 radical (unpaired) electrons. The molecule has 0 fully saturated rings. The molecule has 0 saturated carbocycles. The molecule has 8 heteroatoms. The highest BCUT2D eigenvalue weighted by molar-refractivity contribution is 7.12. The van der Waals surface area contributed by atoms with Crippen LogP contribution in [0, 0.1) is 6.92 Å². The largest absolute Gasteiger partial charge is 0.508 e. The van der Waals surface area contributed by atoms with Crippen molar-refractivity contribution in [3.8, 4) is 11.6 Å². The monoisotopic (exact) mass is 495 g/mol. The van der Waals surface area contributed by atoms with Crippen molar-refractivity contribution in [3.63, 3.8) is 0 Å². The Morgan fingerprint density at radius 1 is 0.972 bits per heavy atom. The minimum atomic E-state index is -0.195. The van der Waals surface area contributed by atoms with Gasteiger partial charge in [-0.25, -0.2) is 0 Å². The lowest BCUT2D eigenvalue weighted by Gasteiger charge is -2.06. The van der Waals surface area contributed by atoms with Crippen molar-refractivity contribution in [1.82, 2.24) is 4.98 Å². The van der Waals surface area contributed by atoms with E-state index in [-0.39, 0.29) is 23.3 Å². The molecule has 2 heterocycles. The molecule has 0 saturated heterocycles. The summed E-state index contributed by atoms with van der Waals surface area (Å²) in [4.78, 5) is 33.1. The Morgan fingerprint density at radius 2 is 1.75 bits per heavy atom. The van der Waals surface area contributed by atoms with Gasteiger partial charge in [-0.3, -0.25) is 14.6 Å². The van der Waals surface area contributed by atoms with Crippen LogP contribution < -0.4 is 5.32 Å². The van der Waals surface area contributed by atoms with Crippen LogP contribution in [0.1, 0.15) is 36.7 Å². The third kappa shape index (κ3) is 4.62. The third-order valence-corrected chi connectivity index (χ3v) is 6.63. The van der Waals surface area contributed by atoms with Crippen LogP contribution in [0.25, 0.3) is 10.9 Å². The number of aromatic hydroxyl groups is 2. The zero-order chi connectivity index (χ0) is 25.2. The molecule has 0 aliphatic carbocycles. The average molecular weight is 496 g/mol. The molecule has 3 aromatic carbocycles. The molecule has 0 spiro atoms. The maximum atomic E-state index is 13.1. The van der Waals surface area contributed by atoms with Crippen molar-refractivity contribution in [2.24, 2.45) is 4.99 Å². The van der Waals surface area contributed by atoms with E-state index < -0.39 is 0 Å². The number of carbonyl (C=O) groups excluding carboxylic acids is 2. The molecule has 5 rings (SSSR count). The Kier molecular flexibility index (Phi) is 6.10. The number of H-pyrrole nitrogens is 1. The van der Waals surface area contributed by atoms with Crippen LogP contribution in [-0.2, 0) is 0 Å². The molecule has 1 amide bonds. The second-order valence-corrected chi connectivity index (χ2v) is 9.16. The number of nitrogens with one attached hydrogen (secondary N) is 2. The van der Waals surface area contributed by atoms with E-state index in [0.717, 1.165) is 5.56 Å². The lowest BCUT2D eigenvalue weighted by atomic mass is 10.0. The fourth-order valence-corrected chi connectivity index (χ4v) is 4.39. The summed E-state index contributed by atoms with van der Waals surface area (Å²) in [6.07, 6.45) is 1.52. The lowest BCUT2D eigenvalue weighted by molar-refractivity contribution is 0.102. The van der Waals surface area contributed by atoms with Gasteiger partial charge >= 0.3 is 0 Å². The van der Waals surface area contributed by atoms with E-state index in [9.17, 15) is 19.8 Å². The van der Waals surface area contributed by atoms with Crippen LogP contribution in [0.2, 0.25) is 0 Å². The van der Waals surface area contributed by atoms with Crippen molar-refractivity contribution in [1.29, 1.82) is 0 Å². The van der Waals surface area contributed by atoms with Gasteiger partial charge in [0.05, 0.1) is 16.1 Å². The Bertz CT molecular complexity index is 1620. The minimum absolute atomic E-state index is 0.0690. The van der Waals surface area contributed by atoms with Gasteiger partial charge in [-0.05, 0) is 60.3 Å². The van der Waals surface area contributed by atoms with Crippen LogP contribution in [0.5, 0.6) is 11.6 Å². The predicted molar refractivity (Wildman–Crippen MR) is 142 cm³/mol. The molecule has 36 heavy (non-hydrogen) atoms. The Labute approximate surface area is 210 Å². The summed E-state index contributed by atoms with van der Waals surface area (Å²) in [5.74, 6) is -0.304. The van der Waals surface area contributed by atoms with E-state index in [1.807, 2.05) is 11.4 Å². The molecule has 178 valence electrons. The third-order valence-electron chi connectivity index (χ3n) is 5.77. The highest BCUT2D eigenvalue weighted by atomic mass is 32.1. The fourth-order valence-electron chi connectivity index (χ4n) is 3.77. The van der Waals surface area contributed by atoms with Crippen LogP contribution in [0.3, 0.4) is 0 Å². The summed E-state index contributed by atoms with van der Waals surface area (Å²) in [7, 11) is 0. The van der Waals surface area contributed by atoms with Crippen molar-refractivity contribution >= 4 is 51.5 Å². The number of phenols is 1. The summed E-state index contributed by atoms with van der Waals surface area (Å²) < 4.78 is 0. The van der Waals surface area contributed by atoms with Gasteiger partial charge in [-0.2, -0.15) is 0 Å². The molecule has 5 aromatic rings. The Balaban J connectivity index is 1.35. The standard InChI is InChI=1S/C28H21N3O4S/c1-16-4-8-20(14-24(16)32)29-15-22-21-11-7-18(13-23(21)31-27(22)34)26(33)17-5-9-19(10-6-17)30-28(35)25-3-2-12-36-25/h2-15,31-32,34H,1H3,(H,30,35). The summed E-state index contributed by atoms with van der Waals surface area (Å²) in [5, 5.41) is 25.6. The number of nitrogens with zero attached hydrogens (tertiary/aromatic N) is 1. The number of phenolic OH excluding ortho intramolecular Hbond substituents is 1. The number of rotatable bonds is 6. The number of ketones is 1. The summed E-state index contributed by atoms with van der Waals surface area (Å²) in [5.41, 5.74) is 3.89. The van der Waals surface area contributed by atoms with Crippen molar-refractivity contribution < 1.29 is 19.8 Å². The SMILES string of the molecule is Cc1ccc(N=Cc2c(O)[nH]c3cc(C(=O)c4ccc(NC(=O)c5cccs5)cc4)ccc23)cc1O. The van der Waals surface area contributed by atoms with Gasteiger partial charge in [-0.15, -0.1) is 11.3 Å². The van der Waals surface area contributed by atoms with Gasteiger partial charge in [0.25, 0.3) is 5.91 Å². The number of carbonyl (C=O) groups is 2. The van der Waals surface area contributed by atoms with E-state index in [0.29, 0.717) is 43.8 Å². The number of aryl methyl sites for hydroxylation is 1. The minimum Gasteiger partial charge on any atom is -0.508 e. The van der Waals surface area contributed by atoms with Gasteiger partial charge in [0.15, 0.2) is 11.7 Å². The summed E-state index contributed by atoms with van der Waals surface area (Å²) in [6, 6.07) is 20.5. The van der Waals surface area contributed by atoms with E-state index in [4.69, 9.17) is 0 Å². The first-order valence-electron chi connectivity index (χ1n) is 11.1. The number of aliphatic imine (C=N–C) groups is 1. The number of hydrogen-bond donors (Lipinski definition) is 4. The van der Waals surface area contributed by atoms with E-state index in [2.05, 4.69) is 15.3 Å². The normalized spacial score (nSPS) is 11.2. The molecular formula is C28H21N3O4S. The van der Waals surface area contributed by atoms with E-state index in [1.165, 1.54) is 17.6 Å². The number of anilines is 1. The van der Waals surface area contributed by atoms with Crippen LogP contribution in [0.15, 0.2) is 83.2 Å². The highest BCUT2D eigenvalue weighted by Crippen LogP contribution is 2.29. The second-order valence-electron chi connectivity index (χ2n) is 8.21.